The average Bonchev–Trinajstić information content (AvgIpc) is 2.35. The quantitative estimate of drug-likeness (QED) is 0.874. The van der Waals surface area contributed by atoms with Crippen molar-refractivity contribution in [2.45, 2.75) is 13.8 Å². The van der Waals surface area contributed by atoms with Crippen LogP contribution in [0, 0.1) is 6.92 Å². The van der Waals surface area contributed by atoms with Crippen LogP contribution >= 0.6 is 11.6 Å². The van der Waals surface area contributed by atoms with Gasteiger partial charge in [-0.25, -0.2) is 0 Å². The third kappa shape index (κ3) is 3.26. The second-order valence-corrected chi connectivity index (χ2v) is 4.69. The van der Waals surface area contributed by atoms with Crippen LogP contribution in [0.5, 0.6) is 0 Å². The summed E-state index contributed by atoms with van der Waals surface area (Å²) in [5.74, 6) is -0.106. The molecule has 0 aliphatic carbocycles. The minimum Gasteiger partial charge on any atom is -0.352 e. The number of halogens is 1. The Kier molecular flexibility index (Phi) is 4.07. The van der Waals surface area contributed by atoms with Gasteiger partial charge in [0.25, 0.3) is 0 Å². The SMILES string of the molecule is CC(=O)Nc1ccccc1Nc1c(C)cccc1Cl. The van der Waals surface area contributed by atoms with Gasteiger partial charge in [0, 0.05) is 6.92 Å². The Morgan fingerprint density at radius 1 is 1.05 bits per heavy atom. The van der Waals surface area contributed by atoms with E-state index in [4.69, 9.17) is 11.6 Å². The lowest BCUT2D eigenvalue weighted by Gasteiger charge is -2.15. The summed E-state index contributed by atoms with van der Waals surface area (Å²) in [5.41, 5.74) is 3.44. The Hall–Kier alpha value is -2.00. The number of nitrogens with one attached hydrogen (secondary N) is 2. The minimum absolute atomic E-state index is 0.106. The highest BCUT2D eigenvalue weighted by atomic mass is 35.5. The first-order valence-corrected chi connectivity index (χ1v) is 6.34. The van der Waals surface area contributed by atoms with Gasteiger partial charge in [-0.05, 0) is 30.7 Å². The van der Waals surface area contributed by atoms with Crippen LogP contribution in [-0.4, -0.2) is 5.91 Å². The Morgan fingerprint density at radius 2 is 1.74 bits per heavy atom. The van der Waals surface area contributed by atoms with E-state index in [1.54, 1.807) is 0 Å². The summed E-state index contributed by atoms with van der Waals surface area (Å²) in [6.45, 7) is 3.47. The van der Waals surface area contributed by atoms with E-state index < -0.39 is 0 Å². The average molecular weight is 275 g/mol. The van der Waals surface area contributed by atoms with Crippen LogP contribution < -0.4 is 10.6 Å². The number of benzene rings is 2. The monoisotopic (exact) mass is 274 g/mol. The van der Waals surface area contributed by atoms with Crippen LogP contribution in [0.25, 0.3) is 0 Å². The molecule has 2 N–H and O–H groups in total. The molecule has 2 rings (SSSR count). The van der Waals surface area contributed by atoms with E-state index in [0.29, 0.717) is 5.02 Å². The lowest BCUT2D eigenvalue weighted by Crippen LogP contribution is -2.08. The van der Waals surface area contributed by atoms with E-state index in [0.717, 1.165) is 22.6 Å². The third-order valence-corrected chi connectivity index (χ3v) is 3.03. The van der Waals surface area contributed by atoms with E-state index in [1.807, 2.05) is 49.4 Å². The molecule has 0 radical (unpaired) electrons. The molecule has 0 saturated carbocycles. The Balaban J connectivity index is 2.36. The molecule has 0 spiro atoms. The summed E-state index contributed by atoms with van der Waals surface area (Å²) >= 11 is 6.19. The molecule has 4 heteroatoms. The van der Waals surface area contributed by atoms with Crippen LogP contribution in [0.15, 0.2) is 42.5 Å². The normalized spacial score (nSPS) is 10.1. The van der Waals surface area contributed by atoms with E-state index in [-0.39, 0.29) is 5.91 Å². The standard InChI is InChI=1S/C15H15ClN2O/c1-10-6-5-7-12(16)15(10)18-14-9-4-3-8-13(14)17-11(2)19/h3-9,18H,1-2H3,(H,17,19). The van der Waals surface area contributed by atoms with Gasteiger partial charge in [0.1, 0.15) is 0 Å². The van der Waals surface area contributed by atoms with Gasteiger partial charge < -0.3 is 10.6 Å². The predicted molar refractivity (Wildman–Crippen MR) is 80.2 cm³/mol. The van der Waals surface area contributed by atoms with E-state index >= 15 is 0 Å². The molecule has 0 aliphatic heterocycles. The number of hydrogen-bond donors (Lipinski definition) is 2. The van der Waals surface area contributed by atoms with E-state index in [1.165, 1.54) is 6.92 Å². The Labute approximate surface area is 117 Å². The van der Waals surface area contributed by atoms with E-state index in [2.05, 4.69) is 10.6 Å². The smallest absolute Gasteiger partial charge is 0.221 e. The van der Waals surface area contributed by atoms with Crippen molar-refractivity contribution < 1.29 is 4.79 Å². The van der Waals surface area contributed by atoms with Crippen molar-refractivity contribution in [3.63, 3.8) is 0 Å². The highest BCUT2D eigenvalue weighted by Gasteiger charge is 2.07. The van der Waals surface area contributed by atoms with Crippen LogP contribution in [0.4, 0.5) is 17.1 Å². The fourth-order valence-corrected chi connectivity index (χ4v) is 2.08. The number of hydrogen-bond acceptors (Lipinski definition) is 2. The molecule has 0 bridgehead atoms. The van der Waals surface area contributed by atoms with Crippen molar-refractivity contribution in [1.29, 1.82) is 0 Å². The summed E-state index contributed by atoms with van der Waals surface area (Å²) in [5, 5.41) is 6.71. The van der Waals surface area contributed by atoms with Gasteiger partial charge in [-0.1, -0.05) is 35.9 Å². The zero-order valence-corrected chi connectivity index (χ0v) is 11.6. The molecule has 0 heterocycles. The van der Waals surface area contributed by atoms with Gasteiger partial charge >= 0.3 is 0 Å². The van der Waals surface area contributed by atoms with Crippen molar-refractivity contribution in [3.8, 4) is 0 Å². The van der Waals surface area contributed by atoms with Crippen molar-refractivity contribution in [2.75, 3.05) is 10.6 Å². The molecule has 0 atom stereocenters. The van der Waals surface area contributed by atoms with Gasteiger partial charge in [-0.3, -0.25) is 4.79 Å². The number of para-hydroxylation sites is 3. The van der Waals surface area contributed by atoms with Gasteiger partial charge in [-0.15, -0.1) is 0 Å². The number of aryl methyl sites for hydroxylation is 1. The molecule has 0 aromatic heterocycles. The maximum absolute atomic E-state index is 11.2. The van der Waals surface area contributed by atoms with Gasteiger partial charge in [0.2, 0.25) is 5.91 Å². The summed E-state index contributed by atoms with van der Waals surface area (Å²) in [7, 11) is 0. The second-order valence-electron chi connectivity index (χ2n) is 4.28. The molecule has 2 aromatic carbocycles. The topological polar surface area (TPSA) is 41.1 Å². The molecule has 0 aliphatic rings. The van der Waals surface area contributed by atoms with Crippen LogP contribution in [0.1, 0.15) is 12.5 Å². The molecular formula is C15H15ClN2O. The first kappa shape index (κ1) is 13.4. The van der Waals surface area contributed by atoms with Crippen molar-refractivity contribution in [2.24, 2.45) is 0 Å². The molecule has 0 unspecified atom stereocenters. The molecule has 98 valence electrons. The number of amides is 1. The maximum Gasteiger partial charge on any atom is 0.221 e. The number of carbonyl (C=O) groups excluding carboxylic acids is 1. The van der Waals surface area contributed by atoms with Crippen LogP contribution in [0.2, 0.25) is 5.02 Å². The molecule has 0 fully saturated rings. The fraction of sp³-hybridized carbons (Fsp3) is 0.133. The highest BCUT2D eigenvalue weighted by Crippen LogP contribution is 2.31. The van der Waals surface area contributed by atoms with Gasteiger partial charge in [0.05, 0.1) is 22.1 Å². The zero-order chi connectivity index (χ0) is 13.8. The number of carbonyl (C=O) groups is 1. The summed E-state index contributed by atoms with van der Waals surface area (Å²) in [6.07, 6.45) is 0. The lowest BCUT2D eigenvalue weighted by atomic mass is 10.2. The molecular weight excluding hydrogens is 260 g/mol. The number of anilines is 3. The Bertz CT molecular complexity index is 591. The van der Waals surface area contributed by atoms with Crippen LogP contribution in [-0.2, 0) is 4.79 Å². The zero-order valence-electron chi connectivity index (χ0n) is 10.8. The third-order valence-electron chi connectivity index (χ3n) is 2.72. The van der Waals surface area contributed by atoms with Gasteiger partial charge in [-0.2, -0.15) is 0 Å². The Morgan fingerprint density at radius 3 is 2.37 bits per heavy atom. The molecule has 19 heavy (non-hydrogen) atoms. The predicted octanol–water partition coefficient (Wildman–Crippen LogP) is 4.35. The first-order valence-electron chi connectivity index (χ1n) is 5.96. The fourth-order valence-electron chi connectivity index (χ4n) is 1.82. The van der Waals surface area contributed by atoms with Crippen molar-refractivity contribution in [3.05, 3.63) is 53.1 Å². The molecule has 3 nitrogen and oxygen atoms in total. The largest absolute Gasteiger partial charge is 0.352 e. The van der Waals surface area contributed by atoms with Gasteiger partial charge in [0.15, 0.2) is 0 Å². The highest BCUT2D eigenvalue weighted by molar-refractivity contribution is 6.33. The summed E-state index contributed by atoms with van der Waals surface area (Å²) in [4.78, 5) is 11.2. The molecule has 2 aromatic rings. The number of rotatable bonds is 3. The maximum atomic E-state index is 11.2. The minimum atomic E-state index is -0.106. The van der Waals surface area contributed by atoms with Crippen molar-refractivity contribution in [1.82, 2.24) is 0 Å². The second kappa shape index (κ2) is 5.76. The lowest BCUT2D eigenvalue weighted by molar-refractivity contribution is -0.114. The molecule has 1 amide bonds. The first-order chi connectivity index (χ1) is 9.08. The molecule has 0 saturated heterocycles. The van der Waals surface area contributed by atoms with Crippen LogP contribution in [0.3, 0.4) is 0 Å². The summed E-state index contributed by atoms with van der Waals surface area (Å²) in [6, 6.07) is 13.2. The van der Waals surface area contributed by atoms with Crippen molar-refractivity contribution >= 4 is 34.6 Å². The summed E-state index contributed by atoms with van der Waals surface area (Å²) < 4.78 is 0. The van der Waals surface area contributed by atoms with E-state index in [9.17, 15) is 4.79 Å².